The van der Waals surface area contributed by atoms with Gasteiger partial charge in [-0.3, -0.25) is 14.7 Å². The average Bonchev–Trinajstić information content (AvgIpc) is 2.56. The van der Waals surface area contributed by atoms with Crippen LogP contribution in [0.3, 0.4) is 0 Å². The average molecular weight is 373 g/mol. The first kappa shape index (κ1) is 19.8. The zero-order valence-electron chi connectivity index (χ0n) is 14.4. The molecular formula is C16H22F3N5O2. The number of piperazine rings is 1. The summed E-state index contributed by atoms with van der Waals surface area (Å²) in [5.74, 6) is -0.0390. The molecule has 1 aliphatic heterocycles. The van der Waals surface area contributed by atoms with Gasteiger partial charge in [-0.05, 0) is 24.3 Å². The van der Waals surface area contributed by atoms with Crippen LogP contribution in [-0.2, 0) is 4.79 Å². The maximum absolute atomic E-state index is 12.1. The van der Waals surface area contributed by atoms with E-state index in [1.807, 2.05) is 4.90 Å². The zero-order chi connectivity index (χ0) is 19.2. The third-order valence-electron chi connectivity index (χ3n) is 3.88. The number of nitrogens with two attached hydrogens (primary N) is 1. The van der Waals surface area contributed by atoms with Crippen LogP contribution in [0, 0.1) is 0 Å². The number of rotatable bonds is 5. The molecule has 0 saturated carbocycles. The number of nitrogens with zero attached hydrogens (tertiary/aromatic N) is 3. The highest BCUT2D eigenvalue weighted by Crippen LogP contribution is 2.23. The van der Waals surface area contributed by atoms with E-state index in [4.69, 9.17) is 5.73 Å². The van der Waals surface area contributed by atoms with Gasteiger partial charge in [0.25, 0.3) is 0 Å². The molecule has 0 aliphatic carbocycles. The van der Waals surface area contributed by atoms with Gasteiger partial charge in [0.15, 0.2) is 5.96 Å². The van der Waals surface area contributed by atoms with Crippen LogP contribution in [0.15, 0.2) is 29.3 Å². The van der Waals surface area contributed by atoms with Crippen molar-refractivity contribution in [2.45, 2.75) is 13.3 Å². The molecule has 0 unspecified atom stereocenters. The van der Waals surface area contributed by atoms with Crippen molar-refractivity contribution in [2.75, 3.05) is 44.6 Å². The van der Waals surface area contributed by atoms with Crippen molar-refractivity contribution in [1.29, 1.82) is 0 Å². The van der Waals surface area contributed by atoms with E-state index in [9.17, 15) is 18.0 Å². The molecule has 10 heteroatoms. The molecule has 1 fully saturated rings. The van der Waals surface area contributed by atoms with Crippen LogP contribution < -0.4 is 15.8 Å². The van der Waals surface area contributed by atoms with Crippen molar-refractivity contribution in [2.24, 2.45) is 10.7 Å². The Bertz CT molecular complexity index is 626. The second-order valence-electron chi connectivity index (χ2n) is 5.81. The zero-order valence-corrected chi connectivity index (χ0v) is 14.4. The van der Waals surface area contributed by atoms with Gasteiger partial charge in [0, 0.05) is 45.3 Å². The first-order valence-electron chi connectivity index (χ1n) is 8.13. The summed E-state index contributed by atoms with van der Waals surface area (Å²) in [6, 6.07) is 5.23. The van der Waals surface area contributed by atoms with Crippen molar-refractivity contribution in [3.63, 3.8) is 0 Å². The Balaban J connectivity index is 1.74. The quantitative estimate of drug-likeness (QED) is 0.603. The van der Waals surface area contributed by atoms with Gasteiger partial charge in [0.1, 0.15) is 5.75 Å². The fourth-order valence-electron chi connectivity index (χ4n) is 2.53. The number of ether oxygens (including phenoxy) is 1. The molecule has 3 N–H and O–H groups in total. The van der Waals surface area contributed by atoms with E-state index in [1.54, 1.807) is 6.92 Å². The van der Waals surface area contributed by atoms with Crippen LogP contribution in [0.25, 0.3) is 0 Å². The number of aliphatic imine (C=N–C) groups is 1. The number of halogens is 3. The molecule has 144 valence electrons. The van der Waals surface area contributed by atoms with Gasteiger partial charge in [-0.15, -0.1) is 13.2 Å². The molecule has 0 aromatic heterocycles. The van der Waals surface area contributed by atoms with Crippen LogP contribution in [0.1, 0.15) is 6.92 Å². The lowest BCUT2D eigenvalue weighted by molar-refractivity contribution is -0.274. The number of hydrogen-bond donors (Lipinski definition) is 2. The second-order valence-corrected chi connectivity index (χ2v) is 5.81. The van der Waals surface area contributed by atoms with Crippen LogP contribution in [0.4, 0.5) is 18.9 Å². The predicted molar refractivity (Wildman–Crippen MR) is 91.9 cm³/mol. The van der Waals surface area contributed by atoms with E-state index in [2.05, 4.69) is 19.9 Å². The summed E-state index contributed by atoms with van der Waals surface area (Å²) in [5.41, 5.74) is 6.29. The molecule has 26 heavy (non-hydrogen) atoms. The Labute approximate surface area is 149 Å². The first-order chi connectivity index (χ1) is 12.2. The van der Waals surface area contributed by atoms with Crippen LogP contribution in [-0.4, -0.2) is 67.3 Å². The normalized spacial score (nSPS) is 16.5. The summed E-state index contributed by atoms with van der Waals surface area (Å²) < 4.78 is 40.1. The Morgan fingerprint density at radius 2 is 1.85 bits per heavy atom. The Morgan fingerprint density at radius 1 is 1.23 bits per heavy atom. The largest absolute Gasteiger partial charge is 0.573 e. The van der Waals surface area contributed by atoms with Crippen molar-refractivity contribution < 1.29 is 22.7 Å². The number of anilines is 1. The number of benzene rings is 1. The number of carbonyl (C=O) groups excluding carboxylic acids is 1. The van der Waals surface area contributed by atoms with E-state index in [1.165, 1.54) is 24.3 Å². The molecular weight excluding hydrogens is 351 g/mol. The maximum atomic E-state index is 12.1. The minimum absolute atomic E-state index is 0.0859. The van der Waals surface area contributed by atoms with Gasteiger partial charge in [0.2, 0.25) is 5.91 Å². The molecule has 0 radical (unpaired) electrons. The van der Waals surface area contributed by atoms with Gasteiger partial charge in [0.05, 0.1) is 6.54 Å². The summed E-state index contributed by atoms with van der Waals surface area (Å²) in [7, 11) is 0. The van der Waals surface area contributed by atoms with E-state index >= 15 is 0 Å². The third-order valence-corrected chi connectivity index (χ3v) is 3.88. The fourth-order valence-corrected chi connectivity index (χ4v) is 2.53. The number of alkyl halides is 3. The molecule has 2 rings (SSSR count). The number of guanidine groups is 1. The lowest BCUT2D eigenvalue weighted by Crippen LogP contribution is -2.48. The molecule has 0 bridgehead atoms. The standard InChI is InChI=1S/C16H22F3N5O2/c1-12(25)24-10-8-23(9-11-24)7-6-21-15(20)22-13-2-4-14(5-3-13)26-16(17,18)19/h2-5H,6-11H2,1H3,(H3,20,21,22). The number of hydrogen-bond acceptors (Lipinski definition) is 4. The lowest BCUT2D eigenvalue weighted by atomic mass is 10.3. The fraction of sp³-hybridized carbons (Fsp3) is 0.500. The summed E-state index contributed by atoms with van der Waals surface area (Å²) in [6.45, 7) is 5.76. The van der Waals surface area contributed by atoms with Gasteiger partial charge < -0.3 is 20.7 Å². The van der Waals surface area contributed by atoms with E-state index in [-0.39, 0.29) is 17.6 Å². The van der Waals surface area contributed by atoms with Crippen LogP contribution in [0.2, 0.25) is 0 Å². The van der Waals surface area contributed by atoms with Gasteiger partial charge in [-0.2, -0.15) is 0 Å². The molecule has 1 amide bonds. The Morgan fingerprint density at radius 3 is 2.38 bits per heavy atom. The smallest absolute Gasteiger partial charge is 0.406 e. The maximum Gasteiger partial charge on any atom is 0.573 e. The molecule has 1 aromatic rings. The summed E-state index contributed by atoms with van der Waals surface area (Å²) in [5, 5.41) is 2.81. The highest BCUT2D eigenvalue weighted by Gasteiger charge is 2.30. The van der Waals surface area contributed by atoms with Gasteiger partial charge >= 0.3 is 6.36 Å². The highest BCUT2D eigenvalue weighted by molar-refractivity contribution is 5.92. The topological polar surface area (TPSA) is 83.2 Å². The van der Waals surface area contributed by atoms with E-state index in [0.29, 0.717) is 31.9 Å². The number of carbonyl (C=O) groups is 1. The minimum atomic E-state index is -4.72. The molecule has 0 atom stereocenters. The molecule has 1 saturated heterocycles. The number of amides is 1. The van der Waals surface area contributed by atoms with Crippen molar-refractivity contribution in [3.05, 3.63) is 24.3 Å². The molecule has 1 aliphatic rings. The minimum Gasteiger partial charge on any atom is -0.406 e. The van der Waals surface area contributed by atoms with Crippen molar-refractivity contribution >= 4 is 17.6 Å². The van der Waals surface area contributed by atoms with Crippen molar-refractivity contribution in [1.82, 2.24) is 9.80 Å². The van der Waals surface area contributed by atoms with Gasteiger partial charge in [-0.1, -0.05) is 0 Å². The van der Waals surface area contributed by atoms with Crippen LogP contribution in [0.5, 0.6) is 5.75 Å². The van der Waals surface area contributed by atoms with E-state index < -0.39 is 6.36 Å². The summed E-state index contributed by atoms with van der Waals surface area (Å²) in [4.78, 5) is 19.5. The lowest BCUT2D eigenvalue weighted by Gasteiger charge is -2.33. The second kappa shape index (κ2) is 8.75. The predicted octanol–water partition coefficient (Wildman–Crippen LogP) is 1.48. The highest BCUT2D eigenvalue weighted by atomic mass is 19.4. The van der Waals surface area contributed by atoms with Crippen molar-refractivity contribution in [3.8, 4) is 5.75 Å². The Hall–Kier alpha value is -2.49. The third kappa shape index (κ3) is 6.79. The molecule has 1 heterocycles. The summed E-state index contributed by atoms with van der Waals surface area (Å²) in [6.07, 6.45) is -4.72. The molecule has 0 spiro atoms. The molecule has 7 nitrogen and oxygen atoms in total. The Kier molecular flexibility index (Phi) is 6.67. The van der Waals surface area contributed by atoms with Crippen LogP contribution >= 0.6 is 0 Å². The van der Waals surface area contributed by atoms with E-state index in [0.717, 1.165) is 13.1 Å². The number of nitrogens with one attached hydrogen (secondary N) is 1. The monoisotopic (exact) mass is 373 g/mol. The van der Waals surface area contributed by atoms with Gasteiger partial charge in [-0.25, -0.2) is 0 Å². The molecule has 1 aromatic carbocycles. The first-order valence-corrected chi connectivity index (χ1v) is 8.13. The summed E-state index contributed by atoms with van der Waals surface area (Å²) >= 11 is 0. The SMILES string of the molecule is CC(=O)N1CCN(CCN=C(N)Nc2ccc(OC(F)(F)F)cc2)CC1.